The molecule has 2 heteroatoms. The van der Waals surface area contributed by atoms with Gasteiger partial charge in [-0.2, -0.15) is 0 Å². The van der Waals surface area contributed by atoms with Crippen molar-refractivity contribution in [2.75, 3.05) is 26.2 Å². The van der Waals surface area contributed by atoms with Crippen LogP contribution in [0.5, 0.6) is 0 Å². The summed E-state index contributed by atoms with van der Waals surface area (Å²) in [5.41, 5.74) is 0. The first-order chi connectivity index (χ1) is 8.81. The van der Waals surface area contributed by atoms with Crippen molar-refractivity contribution in [1.29, 1.82) is 0 Å². The molecule has 2 saturated carbocycles. The molecular formula is C16H30N2. The van der Waals surface area contributed by atoms with Crippen molar-refractivity contribution in [1.82, 2.24) is 10.2 Å². The van der Waals surface area contributed by atoms with Crippen molar-refractivity contribution in [3.8, 4) is 0 Å². The van der Waals surface area contributed by atoms with E-state index in [9.17, 15) is 0 Å². The molecule has 0 aromatic carbocycles. The van der Waals surface area contributed by atoms with E-state index in [2.05, 4.69) is 17.1 Å². The first kappa shape index (κ1) is 12.9. The van der Waals surface area contributed by atoms with Crippen LogP contribution in [0.1, 0.15) is 51.9 Å². The van der Waals surface area contributed by atoms with Crippen LogP contribution in [0, 0.1) is 17.8 Å². The van der Waals surface area contributed by atoms with Gasteiger partial charge in [0.15, 0.2) is 0 Å². The molecule has 0 radical (unpaired) electrons. The molecule has 2 bridgehead atoms. The summed E-state index contributed by atoms with van der Waals surface area (Å²) in [4.78, 5) is 2.68. The standard InChI is InChI=1S/C16H30N2/c1-13(12-18-7-3-2-4-8-18)11-17-16-10-14-5-6-15(16)9-14/h13-17H,2-12H2,1H3. The molecule has 2 aliphatic carbocycles. The van der Waals surface area contributed by atoms with Gasteiger partial charge in [0, 0.05) is 12.6 Å². The molecule has 3 aliphatic rings. The minimum atomic E-state index is 0.822. The third-order valence-corrected chi connectivity index (χ3v) is 5.49. The Morgan fingerprint density at radius 1 is 1.11 bits per heavy atom. The van der Waals surface area contributed by atoms with Gasteiger partial charge in [-0.1, -0.05) is 19.8 Å². The van der Waals surface area contributed by atoms with Crippen molar-refractivity contribution < 1.29 is 0 Å². The second-order valence-electron chi connectivity index (χ2n) is 7.16. The average Bonchev–Trinajstić information content (AvgIpc) is 3.00. The van der Waals surface area contributed by atoms with Gasteiger partial charge in [0.2, 0.25) is 0 Å². The molecule has 1 heterocycles. The zero-order valence-electron chi connectivity index (χ0n) is 12.0. The van der Waals surface area contributed by atoms with E-state index in [1.54, 1.807) is 0 Å². The molecule has 1 N–H and O–H groups in total. The number of piperidine rings is 1. The Kier molecular flexibility index (Phi) is 4.25. The highest BCUT2D eigenvalue weighted by Gasteiger charge is 2.39. The predicted octanol–water partition coefficient (Wildman–Crippen LogP) is 2.89. The maximum Gasteiger partial charge on any atom is 0.00981 e. The number of nitrogens with one attached hydrogen (secondary N) is 1. The van der Waals surface area contributed by atoms with Gasteiger partial charge < -0.3 is 10.2 Å². The molecule has 0 aromatic rings. The highest BCUT2D eigenvalue weighted by Crippen LogP contribution is 2.44. The highest BCUT2D eigenvalue weighted by molar-refractivity contribution is 4.94. The molecule has 3 fully saturated rings. The third kappa shape index (κ3) is 3.08. The lowest BCUT2D eigenvalue weighted by molar-refractivity contribution is 0.194. The van der Waals surface area contributed by atoms with Crippen molar-refractivity contribution in [3.05, 3.63) is 0 Å². The number of rotatable bonds is 5. The lowest BCUT2D eigenvalue weighted by atomic mass is 9.95. The lowest BCUT2D eigenvalue weighted by Gasteiger charge is -2.30. The van der Waals surface area contributed by atoms with Crippen LogP contribution < -0.4 is 5.32 Å². The summed E-state index contributed by atoms with van der Waals surface area (Å²) in [6, 6.07) is 0.868. The van der Waals surface area contributed by atoms with Crippen LogP contribution in [0.4, 0.5) is 0 Å². The quantitative estimate of drug-likeness (QED) is 0.807. The molecule has 2 nitrogen and oxygen atoms in total. The number of likely N-dealkylation sites (tertiary alicyclic amines) is 1. The molecule has 1 saturated heterocycles. The molecule has 0 amide bonds. The van der Waals surface area contributed by atoms with E-state index < -0.39 is 0 Å². The van der Waals surface area contributed by atoms with Crippen molar-refractivity contribution in [3.63, 3.8) is 0 Å². The predicted molar refractivity (Wildman–Crippen MR) is 76.7 cm³/mol. The first-order valence-electron chi connectivity index (χ1n) is 8.27. The summed E-state index contributed by atoms with van der Waals surface area (Å²) in [5, 5.41) is 3.88. The van der Waals surface area contributed by atoms with E-state index in [4.69, 9.17) is 0 Å². The number of nitrogens with zero attached hydrogens (tertiary/aromatic N) is 1. The Morgan fingerprint density at radius 3 is 2.61 bits per heavy atom. The molecule has 0 aromatic heterocycles. The SMILES string of the molecule is CC(CNC1CC2CCC1C2)CN1CCCCC1. The molecule has 1 aliphatic heterocycles. The summed E-state index contributed by atoms with van der Waals surface area (Å²) >= 11 is 0. The fourth-order valence-corrected chi connectivity index (χ4v) is 4.49. The fraction of sp³-hybridized carbons (Fsp3) is 1.00. The highest BCUT2D eigenvalue weighted by atomic mass is 15.1. The number of fused-ring (bicyclic) bond motifs is 2. The molecule has 104 valence electrons. The third-order valence-electron chi connectivity index (χ3n) is 5.49. The monoisotopic (exact) mass is 250 g/mol. The Morgan fingerprint density at radius 2 is 1.94 bits per heavy atom. The second-order valence-corrected chi connectivity index (χ2v) is 7.16. The summed E-state index contributed by atoms with van der Waals surface area (Å²) < 4.78 is 0. The summed E-state index contributed by atoms with van der Waals surface area (Å²) in [5.74, 6) is 2.92. The largest absolute Gasteiger partial charge is 0.313 e. The maximum atomic E-state index is 3.88. The zero-order valence-corrected chi connectivity index (χ0v) is 12.0. The van der Waals surface area contributed by atoms with Crippen LogP contribution in [-0.4, -0.2) is 37.1 Å². The summed E-state index contributed by atoms with van der Waals surface area (Å²) in [7, 11) is 0. The molecule has 18 heavy (non-hydrogen) atoms. The van der Waals surface area contributed by atoms with Gasteiger partial charge in [-0.05, 0) is 69.5 Å². The maximum absolute atomic E-state index is 3.88. The van der Waals surface area contributed by atoms with Crippen LogP contribution >= 0.6 is 0 Å². The van der Waals surface area contributed by atoms with Gasteiger partial charge in [0.1, 0.15) is 0 Å². The van der Waals surface area contributed by atoms with Crippen LogP contribution in [0.2, 0.25) is 0 Å². The minimum absolute atomic E-state index is 0.822. The van der Waals surface area contributed by atoms with Gasteiger partial charge in [-0.15, -0.1) is 0 Å². The normalized spacial score (nSPS) is 38.2. The van der Waals surface area contributed by atoms with E-state index in [0.717, 1.165) is 23.8 Å². The van der Waals surface area contributed by atoms with E-state index in [0.29, 0.717) is 0 Å². The average molecular weight is 250 g/mol. The lowest BCUT2D eigenvalue weighted by Crippen LogP contribution is -2.41. The van der Waals surface area contributed by atoms with E-state index >= 15 is 0 Å². The molecule has 3 rings (SSSR count). The number of hydrogen-bond acceptors (Lipinski definition) is 2. The Balaban J connectivity index is 1.35. The van der Waals surface area contributed by atoms with Crippen LogP contribution in [0.15, 0.2) is 0 Å². The van der Waals surface area contributed by atoms with Crippen LogP contribution in [0.3, 0.4) is 0 Å². The second kappa shape index (κ2) is 5.92. The Hall–Kier alpha value is -0.0800. The van der Waals surface area contributed by atoms with Gasteiger partial charge in [-0.3, -0.25) is 0 Å². The van der Waals surface area contributed by atoms with Gasteiger partial charge in [0.25, 0.3) is 0 Å². The van der Waals surface area contributed by atoms with Crippen molar-refractivity contribution >= 4 is 0 Å². The van der Waals surface area contributed by atoms with Gasteiger partial charge >= 0.3 is 0 Å². The Labute approximate surface area is 113 Å². The fourth-order valence-electron chi connectivity index (χ4n) is 4.49. The van der Waals surface area contributed by atoms with E-state index in [1.807, 2.05) is 0 Å². The smallest absolute Gasteiger partial charge is 0.00981 e. The van der Waals surface area contributed by atoms with Gasteiger partial charge in [-0.25, -0.2) is 0 Å². The molecule has 4 unspecified atom stereocenters. The number of hydrogen-bond donors (Lipinski definition) is 1. The minimum Gasteiger partial charge on any atom is -0.313 e. The topological polar surface area (TPSA) is 15.3 Å². The first-order valence-corrected chi connectivity index (χ1v) is 8.27. The Bertz CT molecular complexity index is 260. The molecular weight excluding hydrogens is 220 g/mol. The van der Waals surface area contributed by atoms with Gasteiger partial charge in [0.05, 0.1) is 0 Å². The van der Waals surface area contributed by atoms with Crippen molar-refractivity contribution in [2.24, 2.45) is 17.8 Å². The summed E-state index contributed by atoms with van der Waals surface area (Å²) in [6.45, 7) is 7.67. The van der Waals surface area contributed by atoms with Crippen LogP contribution in [-0.2, 0) is 0 Å². The van der Waals surface area contributed by atoms with Crippen molar-refractivity contribution in [2.45, 2.75) is 57.9 Å². The summed E-state index contributed by atoms with van der Waals surface area (Å²) in [6.07, 6.45) is 10.3. The van der Waals surface area contributed by atoms with E-state index in [-0.39, 0.29) is 0 Å². The van der Waals surface area contributed by atoms with Crippen LogP contribution in [0.25, 0.3) is 0 Å². The zero-order chi connectivity index (χ0) is 12.4. The van der Waals surface area contributed by atoms with E-state index in [1.165, 1.54) is 71.1 Å². The molecule has 4 atom stereocenters. The molecule has 0 spiro atoms.